The maximum absolute atomic E-state index is 14.7. The molecular formula is C35H46BrN3O7. The van der Waals surface area contributed by atoms with Crippen LogP contribution in [0.4, 0.5) is 0 Å². The van der Waals surface area contributed by atoms with Crippen molar-refractivity contribution in [3.63, 3.8) is 0 Å². The predicted octanol–water partition coefficient (Wildman–Crippen LogP) is 4.18. The van der Waals surface area contributed by atoms with E-state index in [-0.39, 0.29) is 37.3 Å². The van der Waals surface area contributed by atoms with Gasteiger partial charge in [0.2, 0.25) is 17.7 Å². The van der Waals surface area contributed by atoms with Gasteiger partial charge in [-0.05, 0) is 58.6 Å². The van der Waals surface area contributed by atoms with Gasteiger partial charge in [-0.2, -0.15) is 0 Å². The molecule has 4 heterocycles. The lowest BCUT2D eigenvalue weighted by Gasteiger charge is -2.41. The lowest BCUT2D eigenvalue weighted by atomic mass is 9.74. The van der Waals surface area contributed by atoms with Crippen molar-refractivity contribution in [2.45, 2.75) is 102 Å². The number of nitrogens with one attached hydrogen (secondary N) is 1. The number of aliphatic hydroxyl groups excluding tert-OH is 1. The molecule has 2 N–H and O–H groups in total. The first-order valence-corrected chi connectivity index (χ1v) is 17.2. The zero-order valence-corrected chi connectivity index (χ0v) is 28.7. The van der Waals surface area contributed by atoms with Crippen LogP contribution in [0.15, 0.2) is 53.0 Å². The molecule has 4 aliphatic rings. The van der Waals surface area contributed by atoms with Gasteiger partial charge in [-0.15, -0.1) is 0 Å². The van der Waals surface area contributed by atoms with E-state index in [1.54, 1.807) is 16.7 Å². The smallest absolute Gasteiger partial charge is 0.313 e. The molecule has 5 rings (SSSR count). The number of rotatable bonds is 7. The number of fused-ring (bicyclic) bond motifs is 2. The van der Waals surface area contributed by atoms with Gasteiger partial charge in [-0.1, -0.05) is 71.3 Å². The van der Waals surface area contributed by atoms with Crippen molar-refractivity contribution >= 4 is 39.6 Å². The summed E-state index contributed by atoms with van der Waals surface area (Å²) in [6.45, 7) is 8.36. The molecule has 10 nitrogen and oxygen atoms in total. The van der Waals surface area contributed by atoms with E-state index in [1.807, 2.05) is 69.3 Å². The van der Waals surface area contributed by atoms with Crippen LogP contribution >= 0.6 is 15.9 Å². The van der Waals surface area contributed by atoms with E-state index < -0.39 is 53.2 Å². The maximum Gasteiger partial charge on any atom is 0.313 e. The Kier molecular flexibility index (Phi) is 10.4. The molecule has 0 aromatic heterocycles. The number of carbonyl (C=O) groups excluding carboxylic acids is 4. The molecule has 2 fully saturated rings. The molecule has 0 saturated carbocycles. The van der Waals surface area contributed by atoms with Crippen LogP contribution in [-0.4, -0.2) is 87.6 Å². The number of esters is 1. The first-order valence-electron chi connectivity index (χ1n) is 16.4. The largest absolute Gasteiger partial charge is 0.455 e. The van der Waals surface area contributed by atoms with Gasteiger partial charge in [-0.3, -0.25) is 19.2 Å². The van der Waals surface area contributed by atoms with Gasteiger partial charge in [-0.25, -0.2) is 0 Å². The third kappa shape index (κ3) is 6.55. The Labute approximate surface area is 279 Å². The van der Waals surface area contributed by atoms with Gasteiger partial charge in [0.05, 0.1) is 12.0 Å². The van der Waals surface area contributed by atoms with E-state index in [1.165, 1.54) is 0 Å². The molecule has 1 aromatic rings. The van der Waals surface area contributed by atoms with Gasteiger partial charge in [0.25, 0.3) is 0 Å². The highest BCUT2D eigenvalue weighted by molar-refractivity contribution is 9.11. The zero-order valence-electron chi connectivity index (χ0n) is 27.1. The van der Waals surface area contributed by atoms with Crippen molar-refractivity contribution in [1.82, 2.24) is 15.1 Å². The molecule has 2 saturated heterocycles. The number of aliphatic hydroxyl groups is 1. The van der Waals surface area contributed by atoms with Gasteiger partial charge in [0, 0.05) is 36.1 Å². The Balaban J connectivity index is 1.58. The number of allylic oxidation sites excluding steroid dienone is 1. The fourth-order valence-electron chi connectivity index (χ4n) is 7.31. The number of hydrogen-bond donors (Lipinski definition) is 2. The number of benzene rings is 1. The van der Waals surface area contributed by atoms with Crippen molar-refractivity contribution in [1.29, 1.82) is 0 Å². The van der Waals surface area contributed by atoms with Crippen molar-refractivity contribution in [3.8, 4) is 0 Å². The number of ether oxygens (including phenoxy) is 2. The quantitative estimate of drug-likeness (QED) is 0.249. The number of nitrogens with zero attached hydrogens (tertiary/aromatic N) is 2. The molecule has 0 radical (unpaired) electrons. The fourth-order valence-corrected chi connectivity index (χ4v) is 8.05. The number of halogens is 1. The van der Waals surface area contributed by atoms with Crippen LogP contribution in [0.25, 0.3) is 0 Å². The minimum absolute atomic E-state index is 0.104. The Morgan fingerprint density at radius 1 is 1.00 bits per heavy atom. The van der Waals surface area contributed by atoms with Gasteiger partial charge >= 0.3 is 5.97 Å². The molecule has 4 aliphatic heterocycles. The van der Waals surface area contributed by atoms with Gasteiger partial charge in [0.1, 0.15) is 29.8 Å². The van der Waals surface area contributed by atoms with E-state index in [0.717, 1.165) is 12.8 Å². The molecule has 1 spiro atoms. The summed E-state index contributed by atoms with van der Waals surface area (Å²) in [6.07, 6.45) is 7.62. The number of carbonyl (C=O) groups is 4. The van der Waals surface area contributed by atoms with E-state index in [2.05, 4.69) is 21.2 Å². The summed E-state index contributed by atoms with van der Waals surface area (Å²) in [7, 11) is 0. The molecule has 250 valence electrons. The lowest BCUT2D eigenvalue weighted by Crippen LogP contribution is -2.59. The van der Waals surface area contributed by atoms with E-state index in [9.17, 15) is 24.3 Å². The van der Waals surface area contributed by atoms with Gasteiger partial charge in [0.15, 0.2) is 0 Å². The average Bonchev–Trinajstić information content (AvgIpc) is 3.59. The molecule has 0 unspecified atom stereocenters. The van der Waals surface area contributed by atoms with E-state index in [4.69, 9.17) is 9.47 Å². The third-order valence-electron chi connectivity index (χ3n) is 9.52. The molecule has 3 amide bonds. The van der Waals surface area contributed by atoms with Crippen LogP contribution < -0.4 is 5.32 Å². The summed E-state index contributed by atoms with van der Waals surface area (Å²) in [5.74, 6) is -3.29. The summed E-state index contributed by atoms with van der Waals surface area (Å²) < 4.78 is 13.5. The average molecular weight is 701 g/mol. The lowest BCUT2D eigenvalue weighted by molar-refractivity contribution is -0.161. The van der Waals surface area contributed by atoms with Crippen LogP contribution in [0, 0.1) is 11.8 Å². The second-order valence-corrected chi connectivity index (χ2v) is 14.7. The molecule has 11 heteroatoms. The maximum atomic E-state index is 14.7. The summed E-state index contributed by atoms with van der Waals surface area (Å²) in [6, 6.07) is 7.71. The van der Waals surface area contributed by atoms with Crippen molar-refractivity contribution in [2.24, 2.45) is 11.8 Å². The highest BCUT2D eigenvalue weighted by Gasteiger charge is 2.75. The summed E-state index contributed by atoms with van der Waals surface area (Å²) in [5, 5.41) is 12.2. The van der Waals surface area contributed by atoms with Crippen molar-refractivity contribution in [3.05, 3.63) is 58.6 Å². The van der Waals surface area contributed by atoms with Crippen molar-refractivity contribution < 1.29 is 33.8 Å². The summed E-state index contributed by atoms with van der Waals surface area (Å²) in [4.78, 5) is 59.8. The minimum atomic E-state index is -1.35. The predicted molar refractivity (Wildman–Crippen MR) is 175 cm³/mol. The number of amides is 3. The first kappa shape index (κ1) is 34.3. The molecule has 1 aromatic carbocycles. The Morgan fingerprint density at radius 3 is 2.41 bits per heavy atom. The van der Waals surface area contributed by atoms with E-state index >= 15 is 0 Å². The van der Waals surface area contributed by atoms with Crippen LogP contribution in [0.5, 0.6) is 0 Å². The Bertz CT molecular complexity index is 1380. The van der Waals surface area contributed by atoms with Crippen LogP contribution in [0.3, 0.4) is 0 Å². The molecule has 46 heavy (non-hydrogen) atoms. The highest BCUT2D eigenvalue weighted by atomic mass is 79.9. The summed E-state index contributed by atoms with van der Waals surface area (Å²) in [5.41, 5.74) is -1.23. The number of likely N-dealkylation sites (tertiary alicyclic amines) is 1. The topological polar surface area (TPSA) is 125 Å². The second-order valence-electron chi connectivity index (χ2n) is 13.8. The minimum Gasteiger partial charge on any atom is -0.455 e. The van der Waals surface area contributed by atoms with Crippen LogP contribution in [0.2, 0.25) is 0 Å². The summed E-state index contributed by atoms with van der Waals surface area (Å²) >= 11 is 3.61. The zero-order chi connectivity index (χ0) is 33.2. The standard InChI is InChI=1S/C35H46BrN3O7/c1-22-28(23-15-9-7-10-16-23)45-33(44)26-27-31(42)38(18-12-5-6-14-20-40)30(35(27)21-24(36)29(26)46-35)32(43)39(34(2,3)4)19-13-8-11-17-25(41)37-22/h7-10,13,15-16,21-22,26-30,40H,5-6,11-12,14,17-20H2,1-4H3,(H,37,41)/b13-8-/t22-,26+,27-,28+,29+,30+,35-/m0/s1. The molecule has 7 atom stereocenters. The number of hydrogen-bond acceptors (Lipinski definition) is 7. The SMILES string of the molecule is C[C@@H]1NC(=O)CC/C=C\CN(C(C)(C)C)C(=O)[C@H]2N(CCCCCCO)C(=O)[C@@H]3[C@@H](C(=O)O[C@H]1c1ccccc1)[C@@H]1O[C@@]32C=C1Br. The number of cyclic esters (lactones) is 1. The van der Waals surface area contributed by atoms with Crippen LogP contribution in [0.1, 0.15) is 77.9 Å². The number of unbranched alkanes of at least 4 members (excludes halogenated alkanes) is 3. The second kappa shape index (κ2) is 14.0. The van der Waals surface area contributed by atoms with Crippen molar-refractivity contribution in [2.75, 3.05) is 19.7 Å². The Morgan fingerprint density at radius 2 is 1.72 bits per heavy atom. The van der Waals surface area contributed by atoms with Gasteiger partial charge < -0.3 is 29.7 Å². The Hall–Kier alpha value is -3.02. The third-order valence-corrected chi connectivity index (χ3v) is 10.2. The first-order chi connectivity index (χ1) is 21.9. The normalized spacial score (nSPS) is 32.7. The fraction of sp³-hybridized carbons (Fsp3) is 0.600. The monoisotopic (exact) mass is 699 g/mol. The molecular weight excluding hydrogens is 654 g/mol. The molecule has 0 aliphatic carbocycles. The van der Waals surface area contributed by atoms with Crippen LogP contribution in [-0.2, 0) is 28.7 Å². The molecule has 5 bridgehead atoms. The highest BCUT2D eigenvalue weighted by Crippen LogP contribution is 2.59. The van der Waals surface area contributed by atoms with E-state index in [0.29, 0.717) is 35.9 Å².